The van der Waals surface area contributed by atoms with Gasteiger partial charge in [-0.3, -0.25) is 14.3 Å². The van der Waals surface area contributed by atoms with Crippen molar-refractivity contribution in [3.05, 3.63) is 71.9 Å². The number of sulfone groups is 1. The molecule has 0 saturated heterocycles. The van der Waals surface area contributed by atoms with Gasteiger partial charge in [-0.25, -0.2) is 8.42 Å². The zero-order valence-corrected chi connectivity index (χ0v) is 21.6. The third kappa shape index (κ3) is 5.45. The van der Waals surface area contributed by atoms with Crippen LogP contribution in [0, 0.1) is 0 Å². The molecule has 8 nitrogen and oxygen atoms in total. The van der Waals surface area contributed by atoms with Crippen LogP contribution in [-0.4, -0.2) is 40.9 Å². The molecule has 1 aromatic heterocycles. The molecule has 2 aromatic carbocycles. The minimum atomic E-state index is -3.99. The number of nitrogens with one attached hydrogen (secondary N) is 1. The lowest BCUT2D eigenvalue weighted by Gasteiger charge is -2.24. The zero-order chi connectivity index (χ0) is 26.0. The first-order chi connectivity index (χ1) is 16.3. The molecule has 35 heavy (non-hydrogen) atoms. The molecular weight excluding hydrogens is 466 g/mol. The average Bonchev–Trinajstić information content (AvgIpc) is 3.21. The molecule has 0 aliphatic heterocycles. The predicted octanol–water partition coefficient (Wildman–Crippen LogP) is 4.08. The highest BCUT2D eigenvalue weighted by Crippen LogP contribution is 2.28. The number of hydrogen-bond acceptors (Lipinski definition) is 6. The van der Waals surface area contributed by atoms with Gasteiger partial charge in [0.05, 0.1) is 22.7 Å². The number of aromatic nitrogens is 2. The molecule has 186 valence electrons. The van der Waals surface area contributed by atoms with E-state index in [0.717, 1.165) is 5.56 Å². The number of amides is 1. The maximum absolute atomic E-state index is 13.1. The Morgan fingerprint density at radius 2 is 1.60 bits per heavy atom. The summed E-state index contributed by atoms with van der Waals surface area (Å²) in [5.74, 6) is -1.10. The van der Waals surface area contributed by atoms with Crippen LogP contribution in [-0.2, 0) is 26.4 Å². The second-order valence-electron chi connectivity index (χ2n) is 9.14. The van der Waals surface area contributed by atoms with Crippen molar-refractivity contribution in [1.82, 2.24) is 15.1 Å². The Kier molecular flexibility index (Phi) is 7.50. The summed E-state index contributed by atoms with van der Waals surface area (Å²) in [5, 5.41) is 7.35. The number of benzene rings is 2. The predicted molar refractivity (Wildman–Crippen MR) is 133 cm³/mol. The summed E-state index contributed by atoms with van der Waals surface area (Å²) in [5.41, 5.74) is 2.72. The number of nitrogens with zero attached hydrogens (tertiary/aromatic N) is 2. The van der Waals surface area contributed by atoms with Crippen molar-refractivity contribution in [3.8, 4) is 11.3 Å². The molecular formula is C26H31N3O5S. The van der Waals surface area contributed by atoms with Crippen LogP contribution < -0.4 is 5.32 Å². The highest BCUT2D eigenvalue weighted by atomic mass is 32.2. The van der Waals surface area contributed by atoms with Crippen molar-refractivity contribution in [2.24, 2.45) is 7.05 Å². The fraction of sp³-hybridized carbons (Fsp3) is 0.346. The van der Waals surface area contributed by atoms with Crippen LogP contribution in [0.3, 0.4) is 0 Å². The molecule has 1 unspecified atom stereocenters. The van der Waals surface area contributed by atoms with Gasteiger partial charge in [-0.05, 0) is 58.4 Å². The Bertz CT molecular complexity index is 1310. The smallest absolute Gasteiger partial charge is 0.327 e. The van der Waals surface area contributed by atoms with Gasteiger partial charge in [-0.1, -0.05) is 42.5 Å². The second kappa shape index (κ2) is 10.0. The summed E-state index contributed by atoms with van der Waals surface area (Å²) in [6, 6.07) is 17.0. The number of rotatable bonds is 8. The number of aryl methyl sites for hydroxylation is 1. The molecule has 0 aliphatic rings. The molecule has 0 bridgehead atoms. The monoisotopic (exact) mass is 497 g/mol. The molecule has 1 N–H and O–H groups in total. The minimum Gasteiger partial charge on any atom is -0.462 e. The largest absolute Gasteiger partial charge is 0.462 e. The van der Waals surface area contributed by atoms with Crippen LogP contribution in [0.25, 0.3) is 11.3 Å². The van der Waals surface area contributed by atoms with Gasteiger partial charge < -0.3 is 10.1 Å². The highest BCUT2D eigenvalue weighted by Gasteiger charge is 2.44. The molecule has 1 heterocycles. The molecule has 0 saturated carbocycles. The molecule has 3 rings (SSSR count). The standard InChI is InChI=1S/C26H31N3O5S/c1-17(2)34-25(31)26(4,5)35(32,33)21-14-12-19(13-15-21)18(3)27-24(30)23-16-22(28-29(23)6)20-10-8-7-9-11-20/h7-18H,1-6H3,(H,27,30). The lowest BCUT2D eigenvalue weighted by molar-refractivity contribution is -0.149. The van der Waals surface area contributed by atoms with Gasteiger partial charge in [0.25, 0.3) is 5.91 Å². The van der Waals surface area contributed by atoms with E-state index in [2.05, 4.69) is 10.4 Å². The Morgan fingerprint density at radius 1 is 1.00 bits per heavy atom. The molecule has 9 heteroatoms. The van der Waals surface area contributed by atoms with Crippen LogP contribution in [0.1, 0.15) is 56.7 Å². The molecule has 0 aliphatic carbocycles. The van der Waals surface area contributed by atoms with Gasteiger partial charge in [0.1, 0.15) is 5.69 Å². The van der Waals surface area contributed by atoms with E-state index >= 15 is 0 Å². The molecule has 1 amide bonds. The molecule has 0 radical (unpaired) electrons. The Hall–Kier alpha value is -3.46. The van der Waals surface area contributed by atoms with Crippen LogP contribution in [0.15, 0.2) is 65.6 Å². The number of ether oxygens (including phenoxy) is 1. The molecule has 0 fully saturated rings. The minimum absolute atomic E-state index is 0.00428. The summed E-state index contributed by atoms with van der Waals surface area (Å²) >= 11 is 0. The zero-order valence-electron chi connectivity index (χ0n) is 20.8. The fourth-order valence-corrected chi connectivity index (χ4v) is 4.83. The Balaban J connectivity index is 1.75. The average molecular weight is 498 g/mol. The summed E-state index contributed by atoms with van der Waals surface area (Å²) in [7, 11) is -2.29. The van der Waals surface area contributed by atoms with Gasteiger partial charge in [0.2, 0.25) is 0 Å². The third-order valence-electron chi connectivity index (χ3n) is 5.73. The quantitative estimate of drug-likeness (QED) is 0.470. The van der Waals surface area contributed by atoms with Crippen molar-refractivity contribution in [2.75, 3.05) is 0 Å². The summed E-state index contributed by atoms with van der Waals surface area (Å²) < 4.78 is 31.1. The fourth-order valence-electron chi connectivity index (χ4n) is 3.48. The van der Waals surface area contributed by atoms with Crippen molar-refractivity contribution < 1.29 is 22.7 Å². The van der Waals surface area contributed by atoms with E-state index in [1.807, 2.05) is 30.3 Å². The van der Waals surface area contributed by atoms with E-state index in [1.165, 1.54) is 30.7 Å². The van der Waals surface area contributed by atoms with Crippen molar-refractivity contribution in [3.63, 3.8) is 0 Å². The van der Waals surface area contributed by atoms with Crippen molar-refractivity contribution >= 4 is 21.7 Å². The van der Waals surface area contributed by atoms with Crippen LogP contribution in [0.5, 0.6) is 0 Å². The van der Waals surface area contributed by atoms with E-state index in [1.54, 1.807) is 46.0 Å². The molecule has 3 aromatic rings. The maximum Gasteiger partial charge on any atom is 0.327 e. The van der Waals surface area contributed by atoms with E-state index in [0.29, 0.717) is 17.0 Å². The van der Waals surface area contributed by atoms with Gasteiger partial charge >= 0.3 is 5.97 Å². The normalized spacial score (nSPS) is 12.9. The van der Waals surface area contributed by atoms with Gasteiger partial charge in [-0.2, -0.15) is 5.10 Å². The SMILES string of the molecule is CC(C)OC(=O)C(C)(C)S(=O)(=O)c1ccc(C(C)NC(=O)c2cc(-c3ccccc3)nn2C)cc1. The topological polar surface area (TPSA) is 107 Å². The maximum atomic E-state index is 13.1. The first-order valence-electron chi connectivity index (χ1n) is 11.3. The van der Waals surface area contributed by atoms with Gasteiger partial charge in [0.15, 0.2) is 14.6 Å². The van der Waals surface area contributed by atoms with E-state index in [-0.39, 0.29) is 10.8 Å². The van der Waals surface area contributed by atoms with Crippen LogP contribution in [0.2, 0.25) is 0 Å². The highest BCUT2D eigenvalue weighted by molar-refractivity contribution is 7.93. The summed E-state index contributed by atoms with van der Waals surface area (Å²) in [4.78, 5) is 25.3. The lowest BCUT2D eigenvalue weighted by atomic mass is 10.1. The third-order valence-corrected chi connectivity index (χ3v) is 8.13. The Labute approximate surface area is 206 Å². The second-order valence-corrected chi connectivity index (χ2v) is 11.6. The van der Waals surface area contributed by atoms with Crippen molar-refractivity contribution in [1.29, 1.82) is 0 Å². The van der Waals surface area contributed by atoms with E-state index in [9.17, 15) is 18.0 Å². The first-order valence-corrected chi connectivity index (χ1v) is 12.8. The van der Waals surface area contributed by atoms with Crippen LogP contribution in [0.4, 0.5) is 0 Å². The van der Waals surface area contributed by atoms with Gasteiger partial charge in [0, 0.05) is 12.6 Å². The molecule has 1 atom stereocenters. The summed E-state index contributed by atoms with van der Waals surface area (Å²) in [6.45, 7) is 7.81. The van der Waals surface area contributed by atoms with Gasteiger partial charge in [-0.15, -0.1) is 0 Å². The Morgan fingerprint density at radius 3 is 2.17 bits per heavy atom. The number of hydrogen-bond donors (Lipinski definition) is 1. The van der Waals surface area contributed by atoms with E-state index < -0.39 is 32.7 Å². The van der Waals surface area contributed by atoms with Crippen LogP contribution >= 0.6 is 0 Å². The molecule has 0 spiro atoms. The number of carbonyl (C=O) groups is 2. The lowest BCUT2D eigenvalue weighted by Crippen LogP contribution is -2.42. The first kappa shape index (κ1) is 26.2. The van der Waals surface area contributed by atoms with Crippen molar-refractivity contribution in [2.45, 2.75) is 56.4 Å². The van der Waals surface area contributed by atoms with E-state index in [4.69, 9.17) is 4.74 Å². The number of carbonyl (C=O) groups excluding carboxylic acids is 2. The summed E-state index contributed by atoms with van der Waals surface area (Å²) in [6.07, 6.45) is -0.424. The number of esters is 1.